The van der Waals surface area contributed by atoms with Crippen LogP contribution >= 0.6 is 0 Å². The highest BCUT2D eigenvalue weighted by atomic mass is 16.5. The molecule has 0 saturated heterocycles. The van der Waals surface area contributed by atoms with Crippen molar-refractivity contribution in [3.63, 3.8) is 0 Å². The van der Waals surface area contributed by atoms with Crippen LogP contribution in [0.25, 0.3) is 0 Å². The number of hydrogen-bond donors (Lipinski definition) is 0. The molecule has 0 heterocycles. The van der Waals surface area contributed by atoms with Crippen LogP contribution in [-0.2, 0) is 29.2 Å². The van der Waals surface area contributed by atoms with Gasteiger partial charge in [0, 0.05) is 5.56 Å². The molecule has 0 amide bonds. The number of hydrogen-bond acceptors (Lipinski definition) is 4. The highest BCUT2D eigenvalue weighted by molar-refractivity contribution is 5.72. The minimum absolute atomic E-state index is 0.237. The summed E-state index contributed by atoms with van der Waals surface area (Å²) in [5.74, 6) is 0.909. The molecule has 0 fully saturated rings. The number of esters is 1. The van der Waals surface area contributed by atoms with E-state index in [0.717, 1.165) is 28.2 Å². The summed E-state index contributed by atoms with van der Waals surface area (Å²) < 4.78 is 17.4. The molecule has 30 heavy (non-hydrogen) atoms. The average molecular weight is 405 g/mol. The van der Waals surface area contributed by atoms with Gasteiger partial charge in [0.05, 0.1) is 12.5 Å². The Morgan fingerprint density at radius 1 is 0.767 bits per heavy atom. The lowest BCUT2D eigenvalue weighted by Crippen LogP contribution is -2.18. The molecule has 0 aliphatic rings. The van der Waals surface area contributed by atoms with Crippen LogP contribution in [0, 0.1) is 5.92 Å². The molecular formula is C26H28O4. The third-order valence-electron chi connectivity index (χ3n) is 4.76. The zero-order valence-corrected chi connectivity index (χ0v) is 17.5. The number of carbonyl (C=O) groups is 1. The summed E-state index contributed by atoms with van der Waals surface area (Å²) in [6.45, 7) is 5.09. The van der Waals surface area contributed by atoms with Crippen molar-refractivity contribution in [2.45, 2.75) is 33.5 Å². The summed E-state index contributed by atoms with van der Waals surface area (Å²) in [4.78, 5) is 12.6. The third kappa shape index (κ3) is 6.11. The van der Waals surface area contributed by atoms with Crippen molar-refractivity contribution in [1.29, 1.82) is 0 Å². The van der Waals surface area contributed by atoms with Gasteiger partial charge in [-0.2, -0.15) is 0 Å². The first-order valence-electron chi connectivity index (χ1n) is 10.3. The van der Waals surface area contributed by atoms with E-state index in [9.17, 15) is 4.79 Å². The van der Waals surface area contributed by atoms with E-state index < -0.39 is 0 Å². The topological polar surface area (TPSA) is 44.8 Å². The van der Waals surface area contributed by atoms with E-state index in [4.69, 9.17) is 14.2 Å². The van der Waals surface area contributed by atoms with Gasteiger partial charge < -0.3 is 14.2 Å². The smallest absolute Gasteiger partial charge is 0.309 e. The van der Waals surface area contributed by atoms with Crippen LogP contribution in [0.1, 0.15) is 30.5 Å². The minimum atomic E-state index is -0.325. The van der Waals surface area contributed by atoms with Crippen molar-refractivity contribution >= 4 is 5.97 Å². The van der Waals surface area contributed by atoms with Crippen molar-refractivity contribution in [2.24, 2.45) is 5.92 Å². The number of rotatable bonds is 10. The maximum atomic E-state index is 12.6. The zero-order valence-electron chi connectivity index (χ0n) is 17.5. The molecule has 0 saturated carbocycles. The molecule has 4 nitrogen and oxygen atoms in total. The summed E-state index contributed by atoms with van der Waals surface area (Å²) >= 11 is 0. The molecule has 3 aromatic carbocycles. The van der Waals surface area contributed by atoms with E-state index in [2.05, 4.69) is 0 Å². The zero-order chi connectivity index (χ0) is 21.2. The molecule has 156 valence electrons. The van der Waals surface area contributed by atoms with E-state index in [0.29, 0.717) is 19.6 Å². The molecule has 1 unspecified atom stereocenters. The van der Waals surface area contributed by atoms with E-state index in [1.807, 2.05) is 92.7 Å². The lowest BCUT2D eigenvalue weighted by Gasteiger charge is -2.18. The van der Waals surface area contributed by atoms with E-state index in [1.54, 1.807) is 0 Å². The van der Waals surface area contributed by atoms with Gasteiger partial charge in [0.15, 0.2) is 0 Å². The molecule has 0 spiro atoms. The Morgan fingerprint density at radius 3 is 1.93 bits per heavy atom. The van der Waals surface area contributed by atoms with Gasteiger partial charge in [0.1, 0.15) is 24.7 Å². The molecular weight excluding hydrogens is 376 g/mol. The molecule has 1 atom stereocenters. The predicted octanol–water partition coefficient (Wildman–Crippen LogP) is 5.59. The molecule has 3 aromatic rings. The second-order valence-corrected chi connectivity index (χ2v) is 7.14. The summed E-state index contributed by atoms with van der Waals surface area (Å²) in [5.41, 5.74) is 2.94. The van der Waals surface area contributed by atoms with Crippen LogP contribution in [0.15, 0.2) is 78.9 Å². The number of ether oxygens (including phenoxy) is 3. The Labute approximate surface area is 178 Å². The van der Waals surface area contributed by atoms with Crippen LogP contribution < -0.4 is 9.47 Å². The van der Waals surface area contributed by atoms with E-state index in [1.165, 1.54) is 0 Å². The lowest BCUT2D eigenvalue weighted by molar-refractivity contribution is -0.149. The van der Waals surface area contributed by atoms with Crippen molar-refractivity contribution in [2.75, 3.05) is 6.61 Å². The fourth-order valence-electron chi connectivity index (χ4n) is 3.17. The monoisotopic (exact) mass is 404 g/mol. The molecule has 0 aliphatic heterocycles. The summed E-state index contributed by atoms with van der Waals surface area (Å²) in [5, 5.41) is 0. The SMILES string of the molecule is CCOc1cccc(OCc2ccccc2)c1CC(C)C(=O)OCc1ccccc1. The fourth-order valence-corrected chi connectivity index (χ4v) is 3.17. The van der Waals surface area contributed by atoms with Crippen LogP contribution in [0.3, 0.4) is 0 Å². The Bertz CT molecular complexity index is 922. The van der Waals surface area contributed by atoms with Crippen molar-refractivity contribution in [1.82, 2.24) is 0 Å². The Kier molecular flexibility index (Phi) is 7.90. The summed E-state index contributed by atoms with van der Waals surface area (Å²) in [7, 11) is 0. The van der Waals surface area contributed by atoms with Crippen LogP contribution in [0.4, 0.5) is 0 Å². The van der Waals surface area contributed by atoms with Gasteiger partial charge in [-0.05, 0) is 36.6 Å². The molecule has 0 radical (unpaired) electrons. The van der Waals surface area contributed by atoms with Crippen LogP contribution in [0.2, 0.25) is 0 Å². The van der Waals surface area contributed by atoms with Crippen molar-refractivity contribution < 1.29 is 19.0 Å². The first-order chi connectivity index (χ1) is 14.7. The normalized spacial score (nSPS) is 11.5. The quantitative estimate of drug-likeness (QED) is 0.414. The van der Waals surface area contributed by atoms with Gasteiger partial charge in [-0.3, -0.25) is 4.79 Å². The van der Waals surface area contributed by atoms with Gasteiger partial charge in [-0.1, -0.05) is 73.7 Å². The molecule has 4 heteroatoms. The maximum Gasteiger partial charge on any atom is 0.309 e. The van der Waals surface area contributed by atoms with Crippen LogP contribution in [0.5, 0.6) is 11.5 Å². The van der Waals surface area contributed by atoms with Crippen LogP contribution in [-0.4, -0.2) is 12.6 Å². The Balaban J connectivity index is 1.69. The largest absolute Gasteiger partial charge is 0.493 e. The molecule has 0 bridgehead atoms. The summed E-state index contributed by atoms with van der Waals surface area (Å²) in [6, 6.07) is 25.4. The highest BCUT2D eigenvalue weighted by Crippen LogP contribution is 2.32. The molecule has 0 aromatic heterocycles. The summed E-state index contributed by atoms with van der Waals surface area (Å²) in [6.07, 6.45) is 0.480. The number of carbonyl (C=O) groups excluding carboxylic acids is 1. The van der Waals surface area contributed by atoms with Gasteiger partial charge >= 0.3 is 5.97 Å². The second kappa shape index (κ2) is 11.1. The third-order valence-corrected chi connectivity index (χ3v) is 4.76. The minimum Gasteiger partial charge on any atom is -0.493 e. The first kappa shape index (κ1) is 21.4. The highest BCUT2D eigenvalue weighted by Gasteiger charge is 2.21. The first-order valence-corrected chi connectivity index (χ1v) is 10.3. The Hall–Kier alpha value is -3.27. The molecule has 0 N–H and O–H groups in total. The standard InChI is InChI=1S/C26H28O4/c1-3-28-24-15-10-16-25(29-18-21-11-6-4-7-12-21)23(24)17-20(2)26(27)30-19-22-13-8-5-9-14-22/h4-16,20H,3,17-19H2,1-2H3. The maximum absolute atomic E-state index is 12.6. The number of benzene rings is 3. The van der Waals surface area contributed by atoms with Gasteiger partial charge in [0.25, 0.3) is 0 Å². The predicted molar refractivity (Wildman–Crippen MR) is 117 cm³/mol. The van der Waals surface area contributed by atoms with Gasteiger partial charge in [-0.25, -0.2) is 0 Å². The fraction of sp³-hybridized carbons (Fsp3) is 0.269. The second-order valence-electron chi connectivity index (χ2n) is 7.14. The van der Waals surface area contributed by atoms with E-state index in [-0.39, 0.29) is 18.5 Å². The Morgan fingerprint density at radius 2 is 1.33 bits per heavy atom. The van der Waals surface area contributed by atoms with Crippen molar-refractivity contribution in [3.8, 4) is 11.5 Å². The van der Waals surface area contributed by atoms with Gasteiger partial charge in [0.2, 0.25) is 0 Å². The van der Waals surface area contributed by atoms with E-state index >= 15 is 0 Å². The molecule has 3 rings (SSSR count). The van der Waals surface area contributed by atoms with Gasteiger partial charge in [-0.15, -0.1) is 0 Å². The molecule has 0 aliphatic carbocycles. The lowest BCUT2D eigenvalue weighted by atomic mass is 9.99. The average Bonchev–Trinajstić information content (AvgIpc) is 2.79. The van der Waals surface area contributed by atoms with Crippen molar-refractivity contribution in [3.05, 3.63) is 95.6 Å².